The number of methoxy groups -OCH3 is 1. The molecule has 53 heavy (non-hydrogen) atoms. The molecule has 3 fully saturated rings. The first-order valence-electron chi connectivity index (χ1n) is 22.4. The quantitative estimate of drug-likeness (QED) is 0.154. The second-order valence-electron chi connectivity index (χ2n) is 16.9. The zero-order chi connectivity index (χ0) is 37.7. The van der Waals surface area contributed by atoms with Gasteiger partial charge < -0.3 is 9.47 Å². The normalized spacial score (nSPS) is 24.2. The molecule has 3 aromatic rings. The Bertz CT molecular complexity index is 1320. The van der Waals surface area contributed by atoms with E-state index >= 15 is 0 Å². The molecule has 0 N–H and O–H groups in total. The molecule has 0 saturated heterocycles. The number of hydrogen-bond donors (Lipinski definition) is 0. The lowest BCUT2D eigenvalue weighted by atomic mass is 9.77. The van der Waals surface area contributed by atoms with Crippen LogP contribution in [0.2, 0.25) is 0 Å². The Balaban J connectivity index is 0.000000178. The second-order valence-corrected chi connectivity index (χ2v) is 16.9. The summed E-state index contributed by atoms with van der Waals surface area (Å²) >= 11 is 0. The minimum atomic E-state index is 0.751. The van der Waals surface area contributed by atoms with E-state index in [1.165, 1.54) is 145 Å². The summed E-state index contributed by atoms with van der Waals surface area (Å²) in [5.41, 5.74) is 5.97. The SMILES string of the molecule is CCCC1CCC(c2ccc(OC)cc2)CC1.CCCC1CCC(c2ccc(OCC)cc2)CC1.CCCCCC1CCC(c2ccc(C)cc2)CC1. The zero-order valence-corrected chi connectivity index (χ0v) is 35.1. The average Bonchev–Trinajstić information content (AvgIpc) is 3.20. The summed E-state index contributed by atoms with van der Waals surface area (Å²) in [5, 5.41) is 0. The highest BCUT2D eigenvalue weighted by molar-refractivity contribution is 5.31. The van der Waals surface area contributed by atoms with Crippen LogP contribution in [0.3, 0.4) is 0 Å². The minimum Gasteiger partial charge on any atom is -0.497 e. The van der Waals surface area contributed by atoms with E-state index in [0.717, 1.165) is 53.6 Å². The molecule has 0 amide bonds. The first kappa shape index (κ1) is 43.0. The van der Waals surface area contributed by atoms with Crippen LogP contribution in [0.25, 0.3) is 0 Å². The molecule has 0 bridgehead atoms. The Morgan fingerprint density at radius 2 is 0.811 bits per heavy atom. The maximum atomic E-state index is 5.50. The number of ether oxygens (including phenoxy) is 2. The van der Waals surface area contributed by atoms with Crippen LogP contribution in [0.5, 0.6) is 11.5 Å². The molecular weight excluding hydrogens is 645 g/mol. The van der Waals surface area contributed by atoms with Gasteiger partial charge in [0.15, 0.2) is 0 Å². The van der Waals surface area contributed by atoms with Gasteiger partial charge in [-0.3, -0.25) is 0 Å². The van der Waals surface area contributed by atoms with Crippen LogP contribution >= 0.6 is 0 Å². The molecule has 0 unspecified atom stereocenters. The third kappa shape index (κ3) is 15.1. The lowest BCUT2D eigenvalue weighted by molar-refractivity contribution is 0.303. The maximum absolute atomic E-state index is 5.50. The Morgan fingerprint density at radius 3 is 1.17 bits per heavy atom. The molecule has 2 heteroatoms. The topological polar surface area (TPSA) is 18.5 Å². The van der Waals surface area contributed by atoms with Crippen LogP contribution in [-0.4, -0.2) is 13.7 Å². The van der Waals surface area contributed by atoms with Gasteiger partial charge in [-0.1, -0.05) is 126 Å². The van der Waals surface area contributed by atoms with Crippen molar-refractivity contribution >= 4 is 0 Å². The van der Waals surface area contributed by atoms with Crippen LogP contribution in [0.1, 0.15) is 196 Å². The highest BCUT2D eigenvalue weighted by atomic mass is 16.5. The molecule has 3 aromatic carbocycles. The van der Waals surface area contributed by atoms with Gasteiger partial charge in [-0.25, -0.2) is 0 Å². The van der Waals surface area contributed by atoms with Gasteiger partial charge in [-0.2, -0.15) is 0 Å². The molecule has 294 valence electrons. The monoisotopic (exact) mass is 723 g/mol. The Hall–Kier alpha value is -2.74. The van der Waals surface area contributed by atoms with Crippen LogP contribution in [0.4, 0.5) is 0 Å². The molecule has 3 aliphatic carbocycles. The summed E-state index contributed by atoms with van der Waals surface area (Å²) in [4.78, 5) is 0. The van der Waals surface area contributed by atoms with Gasteiger partial charge in [0.05, 0.1) is 13.7 Å². The van der Waals surface area contributed by atoms with Crippen LogP contribution < -0.4 is 9.47 Å². The largest absolute Gasteiger partial charge is 0.497 e. The fraction of sp³-hybridized carbons (Fsp3) is 0.647. The molecule has 3 saturated carbocycles. The molecule has 2 nitrogen and oxygen atoms in total. The maximum Gasteiger partial charge on any atom is 0.119 e. The lowest BCUT2D eigenvalue weighted by Gasteiger charge is -2.29. The summed E-state index contributed by atoms with van der Waals surface area (Å²) in [6.45, 7) is 11.9. The van der Waals surface area contributed by atoms with Gasteiger partial charge in [0.25, 0.3) is 0 Å². The van der Waals surface area contributed by atoms with Gasteiger partial charge >= 0.3 is 0 Å². The van der Waals surface area contributed by atoms with E-state index < -0.39 is 0 Å². The lowest BCUT2D eigenvalue weighted by Crippen LogP contribution is -2.13. The van der Waals surface area contributed by atoms with Crippen molar-refractivity contribution in [2.45, 2.75) is 181 Å². The third-order valence-electron chi connectivity index (χ3n) is 12.9. The van der Waals surface area contributed by atoms with E-state index in [9.17, 15) is 0 Å². The third-order valence-corrected chi connectivity index (χ3v) is 12.9. The van der Waals surface area contributed by atoms with Crippen molar-refractivity contribution < 1.29 is 9.47 Å². The van der Waals surface area contributed by atoms with Crippen molar-refractivity contribution in [3.05, 3.63) is 95.1 Å². The second kappa shape index (κ2) is 24.6. The summed E-state index contributed by atoms with van der Waals surface area (Å²) in [5.74, 6) is 7.40. The molecule has 0 spiro atoms. The van der Waals surface area contributed by atoms with Gasteiger partial charge in [0, 0.05) is 0 Å². The van der Waals surface area contributed by atoms with Crippen molar-refractivity contribution in [2.24, 2.45) is 17.8 Å². The van der Waals surface area contributed by atoms with Gasteiger partial charge in [-0.15, -0.1) is 0 Å². The first-order valence-corrected chi connectivity index (χ1v) is 22.4. The summed E-state index contributed by atoms with van der Waals surface area (Å²) in [6, 6.07) is 26.6. The smallest absolute Gasteiger partial charge is 0.119 e. The van der Waals surface area contributed by atoms with E-state index in [-0.39, 0.29) is 0 Å². The fourth-order valence-corrected chi connectivity index (χ4v) is 9.57. The van der Waals surface area contributed by atoms with Crippen molar-refractivity contribution in [1.29, 1.82) is 0 Å². The van der Waals surface area contributed by atoms with Crippen molar-refractivity contribution in [3.63, 3.8) is 0 Å². The predicted octanol–water partition coefficient (Wildman–Crippen LogP) is 15.8. The van der Waals surface area contributed by atoms with Crippen LogP contribution in [-0.2, 0) is 0 Å². The van der Waals surface area contributed by atoms with Gasteiger partial charge in [0.1, 0.15) is 11.5 Å². The summed E-state index contributed by atoms with van der Waals surface area (Å²) < 4.78 is 10.7. The molecule has 0 atom stereocenters. The molecular formula is C51H78O2. The van der Waals surface area contributed by atoms with Crippen molar-refractivity contribution in [2.75, 3.05) is 13.7 Å². The highest BCUT2D eigenvalue weighted by Crippen LogP contribution is 2.40. The minimum absolute atomic E-state index is 0.751. The molecule has 3 aliphatic rings. The van der Waals surface area contributed by atoms with E-state index in [1.54, 1.807) is 12.7 Å². The fourth-order valence-electron chi connectivity index (χ4n) is 9.57. The Kier molecular flexibility index (Phi) is 20.0. The van der Waals surface area contributed by atoms with E-state index in [0.29, 0.717) is 0 Å². The Labute approximate surface area is 327 Å². The highest BCUT2D eigenvalue weighted by Gasteiger charge is 2.24. The van der Waals surface area contributed by atoms with Crippen LogP contribution in [0.15, 0.2) is 72.8 Å². The summed E-state index contributed by atoms with van der Waals surface area (Å²) in [6.07, 6.45) is 28.2. The molecule has 0 aromatic heterocycles. The van der Waals surface area contributed by atoms with E-state index in [1.807, 2.05) is 6.92 Å². The molecule has 6 rings (SSSR count). The summed E-state index contributed by atoms with van der Waals surface area (Å²) in [7, 11) is 1.73. The van der Waals surface area contributed by atoms with Crippen LogP contribution in [0, 0.1) is 24.7 Å². The number of aryl methyl sites for hydroxylation is 1. The number of hydrogen-bond acceptors (Lipinski definition) is 2. The number of rotatable bonds is 14. The standard InChI is InChI=1S/C18H28.C17H26O.C16H24O/c1-3-4-5-6-16-9-13-18(14-10-16)17-11-7-15(2)8-12-17;1-3-5-14-6-8-15(9-7-14)16-10-12-17(13-11-16)18-4-2;1-3-4-13-5-7-14(8-6-13)15-9-11-16(17-2)12-10-15/h7-8,11-12,16,18H,3-6,9-10,13-14H2,1-2H3;10-15H,3-9H2,1-2H3;9-14H,3-8H2,1-2H3. The Morgan fingerprint density at radius 1 is 0.434 bits per heavy atom. The average molecular weight is 723 g/mol. The van der Waals surface area contributed by atoms with Gasteiger partial charge in [-0.05, 0) is 167 Å². The zero-order valence-electron chi connectivity index (χ0n) is 35.1. The molecule has 0 heterocycles. The number of unbranched alkanes of at least 4 members (excludes halogenated alkanes) is 2. The molecule has 0 radical (unpaired) electrons. The van der Waals surface area contributed by atoms with Gasteiger partial charge in [0.2, 0.25) is 0 Å². The predicted molar refractivity (Wildman–Crippen MR) is 230 cm³/mol. The van der Waals surface area contributed by atoms with Crippen molar-refractivity contribution in [1.82, 2.24) is 0 Å². The van der Waals surface area contributed by atoms with E-state index in [4.69, 9.17) is 9.47 Å². The van der Waals surface area contributed by atoms with Crippen molar-refractivity contribution in [3.8, 4) is 11.5 Å². The first-order chi connectivity index (χ1) is 26.0. The molecule has 0 aliphatic heterocycles. The van der Waals surface area contributed by atoms with E-state index in [2.05, 4.69) is 100 Å². The number of benzene rings is 3.